The highest BCUT2D eigenvalue weighted by Gasteiger charge is 2.20. The highest BCUT2D eigenvalue weighted by atomic mass is 19.2. The molecule has 1 aromatic carbocycles. The Labute approximate surface area is 198 Å². The molecular weight excluding hydrogens is 458 g/mol. The van der Waals surface area contributed by atoms with Crippen LogP contribution in [0.5, 0.6) is 0 Å². The lowest BCUT2D eigenvalue weighted by Gasteiger charge is -2.15. The first-order chi connectivity index (χ1) is 16.8. The molecule has 0 radical (unpaired) electrons. The van der Waals surface area contributed by atoms with E-state index in [2.05, 4.69) is 9.98 Å². The molecule has 3 heterocycles. The average Bonchev–Trinajstić information content (AvgIpc) is 2.85. The topological polar surface area (TPSA) is 95.0 Å². The Morgan fingerprint density at radius 3 is 2.60 bits per heavy atom. The van der Waals surface area contributed by atoms with Crippen molar-refractivity contribution < 1.29 is 23.1 Å². The molecule has 0 saturated heterocycles. The Hall–Kier alpha value is -4.21. The fourth-order valence-corrected chi connectivity index (χ4v) is 3.68. The van der Waals surface area contributed by atoms with E-state index in [1.165, 1.54) is 15.0 Å². The summed E-state index contributed by atoms with van der Waals surface area (Å²) in [5.74, 6) is -3.98. The molecule has 0 unspecified atom stereocenters. The van der Waals surface area contributed by atoms with Gasteiger partial charge in [0.1, 0.15) is 16.9 Å². The first-order valence-corrected chi connectivity index (χ1v) is 11.1. The second kappa shape index (κ2) is 9.96. The predicted molar refractivity (Wildman–Crippen MR) is 124 cm³/mol. The molecule has 0 bridgehead atoms. The van der Waals surface area contributed by atoms with Crippen molar-refractivity contribution in [2.45, 2.75) is 33.2 Å². The third kappa shape index (κ3) is 4.59. The summed E-state index contributed by atoms with van der Waals surface area (Å²) in [6, 6.07) is 9.04. The van der Waals surface area contributed by atoms with Gasteiger partial charge in [-0.25, -0.2) is 18.6 Å². The first-order valence-electron chi connectivity index (χ1n) is 11.1. The third-order valence-electron chi connectivity index (χ3n) is 5.39. The number of unbranched alkanes of at least 4 members (excludes halogenated alkanes) is 1. The van der Waals surface area contributed by atoms with Crippen LogP contribution >= 0.6 is 0 Å². The predicted octanol–water partition coefficient (Wildman–Crippen LogP) is 3.65. The molecule has 0 fully saturated rings. The van der Waals surface area contributed by atoms with E-state index in [9.17, 15) is 23.2 Å². The van der Waals surface area contributed by atoms with E-state index in [4.69, 9.17) is 4.74 Å². The number of amides is 1. The number of carbonyl (C=O) groups is 2. The molecule has 3 aromatic heterocycles. The number of benzene rings is 1. The molecule has 0 aliphatic rings. The number of rotatable bonds is 6. The van der Waals surface area contributed by atoms with Crippen molar-refractivity contribution in [2.75, 3.05) is 6.61 Å². The summed E-state index contributed by atoms with van der Waals surface area (Å²) in [6.45, 7) is 3.92. The van der Waals surface area contributed by atoms with E-state index < -0.39 is 29.1 Å². The van der Waals surface area contributed by atoms with Gasteiger partial charge in [0.15, 0.2) is 17.1 Å². The molecule has 0 atom stereocenters. The summed E-state index contributed by atoms with van der Waals surface area (Å²) in [4.78, 5) is 47.8. The van der Waals surface area contributed by atoms with Crippen molar-refractivity contribution >= 4 is 28.6 Å². The highest BCUT2D eigenvalue weighted by molar-refractivity contribution is 5.97. The quantitative estimate of drug-likeness (QED) is 0.310. The molecule has 1 amide bonds. The van der Waals surface area contributed by atoms with E-state index in [-0.39, 0.29) is 34.3 Å². The van der Waals surface area contributed by atoms with E-state index in [0.717, 1.165) is 24.6 Å². The van der Waals surface area contributed by atoms with Gasteiger partial charge in [-0.05, 0) is 49.7 Å². The second-order valence-electron chi connectivity index (χ2n) is 7.74. The van der Waals surface area contributed by atoms with E-state index in [0.29, 0.717) is 18.6 Å². The minimum atomic E-state index is -1.20. The molecule has 0 spiro atoms. The number of ether oxygens (including phenoxy) is 1. The van der Waals surface area contributed by atoms with Crippen molar-refractivity contribution in [3.8, 4) is 0 Å². The van der Waals surface area contributed by atoms with E-state index >= 15 is 0 Å². The Bertz CT molecular complexity index is 1590. The fourth-order valence-electron chi connectivity index (χ4n) is 3.68. The number of hydrogen-bond acceptors (Lipinski definition) is 5. The van der Waals surface area contributed by atoms with Crippen LogP contribution in [-0.4, -0.2) is 32.4 Å². The summed E-state index contributed by atoms with van der Waals surface area (Å²) in [5.41, 5.74) is -0.184. The lowest BCUT2D eigenvalue weighted by molar-refractivity contribution is 0.0523. The zero-order valence-corrected chi connectivity index (χ0v) is 19.1. The van der Waals surface area contributed by atoms with Crippen LogP contribution < -0.4 is 11.0 Å². The monoisotopic (exact) mass is 480 g/mol. The summed E-state index contributed by atoms with van der Waals surface area (Å²) < 4.78 is 35.1. The number of nitrogens with zero attached hydrogens (tertiary/aromatic N) is 4. The SMILES string of the molecule is CCCCn1c(=NC(=O)c2ccc(F)c(F)c2)c(C(=O)OCC)cc2c(=O)n3ccccc3nc21. The number of pyridine rings is 2. The van der Waals surface area contributed by atoms with Gasteiger partial charge in [0.25, 0.3) is 11.5 Å². The molecular formula is C25H22F2N4O4. The maximum atomic E-state index is 13.7. The minimum Gasteiger partial charge on any atom is -0.462 e. The Balaban J connectivity index is 2.10. The van der Waals surface area contributed by atoms with Gasteiger partial charge in [-0.1, -0.05) is 19.4 Å². The van der Waals surface area contributed by atoms with Gasteiger partial charge in [-0.2, -0.15) is 4.99 Å². The standard InChI is InChI=1S/C25H22F2N4O4/c1-3-5-11-31-21-16(24(33)30-12-7-6-8-20(30)28-21)14-17(25(34)35-4-2)22(31)29-23(32)15-9-10-18(26)19(27)13-15/h6-10,12-14H,3-5,11H2,1-2H3. The van der Waals surface area contributed by atoms with Crippen LogP contribution in [0.25, 0.3) is 16.7 Å². The van der Waals surface area contributed by atoms with Crippen molar-refractivity contribution in [1.29, 1.82) is 0 Å². The second-order valence-corrected chi connectivity index (χ2v) is 7.74. The number of aryl methyl sites for hydroxylation is 1. The number of hydrogen-bond donors (Lipinski definition) is 0. The van der Waals surface area contributed by atoms with Gasteiger partial charge in [-0.3, -0.25) is 14.0 Å². The fraction of sp³-hybridized carbons (Fsp3) is 0.240. The van der Waals surface area contributed by atoms with Crippen LogP contribution in [0.4, 0.5) is 8.78 Å². The van der Waals surface area contributed by atoms with Gasteiger partial charge in [-0.15, -0.1) is 0 Å². The van der Waals surface area contributed by atoms with Crippen molar-refractivity contribution in [3.63, 3.8) is 0 Å². The van der Waals surface area contributed by atoms with Crippen LogP contribution in [-0.2, 0) is 11.3 Å². The molecule has 0 saturated carbocycles. The lowest BCUT2D eigenvalue weighted by atomic mass is 10.2. The van der Waals surface area contributed by atoms with Crippen LogP contribution in [0, 0.1) is 11.6 Å². The van der Waals surface area contributed by atoms with Crippen molar-refractivity contribution in [2.24, 2.45) is 4.99 Å². The zero-order valence-electron chi connectivity index (χ0n) is 19.1. The van der Waals surface area contributed by atoms with Crippen molar-refractivity contribution in [1.82, 2.24) is 14.0 Å². The van der Waals surface area contributed by atoms with Gasteiger partial charge < -0.3 is 9.30 Å². The molecule has 8 nitrogen and oxygen atoms in total. The van der Waals surface area contributed by atoms with Gasteiger partial charge in [0, 0.05) is 18.3 Å². The number of esters is 1. The molecule has 4 aromatic rings. The van der Waals surface area contributed by atoms with Crippen LogP contribution in [0.1, 0.15) is 47.4 Å². The zero-order chi connectivity index (χ0) is 25.1. The summed E-state index contributed by atoms with van der Waals surface area (Å²) in [7, 11) is 0. The van der Waals surface area contributed by atoms with Crippen LogP contribution in [0.2, 0.25) is 0 Å². The average molecular weight is 480 g/mol. The summed E-state index contributed by atoms with van der Waals surface area (Å²) in [5, 5.41) is 0.145. The minimum absolute atomic E-state index is 0.0529. The number of carbonyl (C=O) groups excluding carboxylic acids is 2. The highest BCUT2D eigenvalue weighted by Crippen LogP contribution is 2.14. The molecule has 0 aliphatic heterocycles. The maximum Gasteiger partial charge on any atom is 0.341 e. The Kier molecular flexibility index (Phi) is 6.81. The first kappa shape index (κ1) is 23.9. The van der Waals surface area contributed by atoms with E-state index in [1.54, 1.807) is 31.3 Å². The van der Waals surface area contributed by atoms with Crippen LogP contribution in [0.15, 0.2) is 58.4 Å². The smallest absolute Gasteiger partial charge is 0.341 e. The largest absolute Gasteiger partial charge is 0.462 e. The number of aromatic nitrogens is 3. The van der Waals surface area contributed by atoms with Gasteiger partial charge in [0.2, 0.25) is 0 Å². The normalized spacial score (nSPS) is 11.8. The Morgan fingerprint density at radius 2 is 1.89 bits per heavy atom. The molecule has 35 heavy (non-hydrogen) atoms. The summed E-state index contributed by atoms with van der Waals surface area (Å²) >= 11 is 0. The maximum absolute atomic E-state index is 13.7. The third-order valence-corrected chi connectivity index (χ3v) is 5.39. The molecule has 10 heteroatoms. The molecule has 0 N–H and O–H groups in total. The number of fused-ring (bicyclic) bond motifs is 2. The molecule has 0 aliphatic carbocycles. The van der Waals surface area contributed by atoms with E-state index in [1.807, 2.05) is 6.92 Å². The van der Waals surface area contributed by atoms with Crippen LogP contribution in [0.3, 0.4) is 0 Å². The number of halogens is 2. The van der Waals surface area contributed by atoms with Gasteiger partial charge in [0.05, 0.1) is 12.0 Å². The van der Waals surface area contributed by atoms with Gasteiger partial charge >= 0.3 is 5.97 Å². The Morgan fingerprint density at radius 1 is 1.09 bits per heavy atom. The molecule has 180 valence electrons. The van der Waals surface area contributed by atoms with Crippen molar-refractivity contribution in [3.05, 3.63) is 87.3 Å². The molecule has 4 rings (SSSR count). The summed E-state index contributed by atoms with van der Waals surface area (Å²) in [6.07, 6.45) is 2.96. The lowest BCUT2D eigenvalue weighted by Crippen LogP contribution is -2.33.